The number of rotatable bonds is 14. The smallest absolute Gasteiger partial charge is 0.335 e. The Bertz CT molecular complexity index is 1410. The molecular formula is C32H36N2O8. The molecule has 0 saturated heterocycles. The minimum absolute atomic E-state index is 0.0947. The number of ether oxygens (including phenoxy) is 2. The van der Waals surface area contributed by atoms with Gasteiger partial charge in [0.15, 0.2) is 23.7 Å². The molecule has 10 heteroatoms. The summed E-state index contributed by atoms with van der Waals surface area (Å²) in [4.78, 5) is 34.7. The molecule has 0 spiro atoms. The highest BCUT2D eigenvalue weighted by molar-refractivity contribution is 5.75. The fourth-order valence-electron chi connectivity index (χ4n) is 4.34. The van der Waals surface area contributed by atoms with Gasteiger partial charge in [-0.25, -0.2) is 9.59 Å². The molecule has 1 aromatic heterocycles. The maximum atomic E-state index is 12.8. The Morgan fingerprint density at radius 2 is 1.24 bits per heavy atom. The second kappa shape index (κ2) is 14.9. The Hall–Kier alpha value is -4.54. The molecule has 4 atom stereocenters. The molecule has 1 heterocycles. The molecule has 0 amide bonds. The van der Waals surface area contributed by atoms with Crippen LogP contribution in [0.5, 0.6) is 11.5 Å². The number of aromatic nitrogens is 2. The van der Waals surface area contributed by atoms with Crippen LogP contribution in [0.4, 0.5) is 0 Å². The highest BCUT2D eigenvalue weighted by atomic mass is 16.6. The van der Waals surface area contributed by atoms with E-state index < -0.39 is 36.4 Å². The summed E-state index contributed by atoms with van der Waals surface area (Å²) >= 11 is 0. The van der Waals surface area contributed by atoms with Gasteiger partial charge in [-0.2, -0.15) is 0 Å². The summed E-state index contributed by atoms with van der Waals surface area (Å²) in [6, 6.07) is 13.1. The minimum atomic E-state index is -1.55. The van der Waals surface area contributed by atoms with Crippen LogP contribution >= 0.6 is 0 Å². The normalized spacial score (nSPS) is 13.8. The van der Waals surface area contributed by atoms with Crippen molar-refractivity contribution >= 4 is 11.9 Å². The molecule has 4 unspecified atom stereocenters. The SMILES string of the molecule is C=CCC(OC(=O)C(O)Cc1ccccc1)c1nc(C)c(C(CC=C)OC(=O)C(O)Cc2ccc(O)c(O)c2)nc1C. The Balaban J connectivity index is 1.77. The highest BCUT2D eigenvalue weighted by Gasteiger charge is 2.29. The van der Waals surface area contributed by atoms with Gasteiger partial charge in [-0.15, -0.1) is 13.2 Å². The topological polar surface area (TPSA) is 159 Å². The maximum absolute atomic E-state index is 12.8. The van der Waals surface area contributed by atoms with Crippen molar-refractivity contribution in [3.8, 4) is 11.5 Å². The van der Waals surface area contributed by atoms with E-state index in [4.69, 9.17) is 9.47 Å². The molecule has 10 nitrogen and oxygen atoms in total. The van der Waals surface area contributed by atoms with Gasteiger partial charge in [-0.1, -0.05) is 48.6 Å². The van der Waals surface area contributed by atoms with E-state index in [1.165, 1.54) is 18.2 Å². The van der Waals surface area contributed by atoms with Crippen molar-refractivity contribution in [2.75, 3.05) is 0 Å². The number of nitrogens with zero attached hydrogens (tertiary/aromatic N) is 2. The van der Waals surface area contributed by atoms with Gasteiger partial charge in [-0.05, 0) is 37.1 Å². The summed E-state index contributed by atoms with van der Waals surface area (Å²) in [6.45, 7) is 10.8. The van der Waals surface area contributed by atoms with Crippen molar-refractivity contribution < 1.29 is 39.5 Å². The number of carbonyl (C=O) groups is 2. The first kappa shape index (κ1) is 32.0. The van der Waals surface area contributed by atoms with E-state index in [0.717, 1.165) is 5.56 Å². The summed E-state index contributed by atoms with van der Waals surface area (Å²) < 4.78 is 11.2. The predicted molar refractivity (Wildman–Crippen MR) is 154 cm³/mol. The van der Waals surface area contributed by atoms with Gasteiger partial charge in [0.1, 0.15) is 23.6 Å². The zero-order valence-corrected chi connectivity index (χ0v) is 23.6. The van der Waals surface area contributed by atoms with Crippen LogP contribution in [0.25, 0.3) is 0 Å². The van der Waals surface area contributed by atoms with E-state index in [1.54, 1.807) is 38.1 Å². The van der Waals surface area contributed by atoms with Gasteiger partial charge in [0.05, 0.1) is 11.4 Å². The second-order valence-corrected chi connectivity index (χ2v) is 9.81. The van der Waals surface area contributed by atoms with Gasteiger partial charge in [0.25, 0.3) is 0 Å². The van der Waals surface area contributed by atoms with Crippen molar-refractivity contribution in [3.05, 3.63) is 108 Å². The van der Waals surface area contributed by atoms with Gasteiger partial charge >= 0.3 is 11.9 Å². The highest BCUT2D eigenvalue weighted by Crippen LogP contribution is 2.30. The first-order valence-electron chi connectivity index (χ1n) is 13.4. The van der Waals surface area contributed by atoms with E-state index in [9.17, 15) is 30.0 Å². The molecule has 0 bridgehead atoms. The summed E-state index contributed by atoms with van der Waals surface area (Å²) in [6.07, 6.45) is -1.22. The average Bonchev–Trinajstić information content (AvgIpc) is 2.96. The van der Waals surface area contributed by atoms with Crippen molar-refractivity contribution in [3.63, 3.8) is 0 Å². The monoisotopic (exact) mass is 576 g/mol. The third-order valence-electron chi connectivity index (χ3n) is 6.49. The van der Waals surface area contributed by atoms with E-state index in [0.29, 0.717) is 28.3 Å². The lowest BCUT2D eigenvalue weighted by molar-refractivity contribution is -0.160. The summed E-state index contributed by atoms with van der Waals surface area (Å²) in [5.74, 6) is -2.40. The average molecular weight is 577 g/mol. The van der Waals surface area contributed by atoms with Crippen LogP contribution in [-0.2, 0) is 31.9 Å². The van der Waals surface area contributed by atoms with Crippen molar-refractivity contribution in [2.45, 2.75) is 63.9 Å². The van der Waals surface area contributed by atoms with E-state index in [-0.39, 0.29) is 37.2 Å². The summed E-state index contributed by atoms with van der Waals surface area (Å²) in [7, 11) is 0. The largest absolute Gasteiger partial charge is 0.504 e. The molecular weight excluding hydrogens is 540 g/mol. The quantitative estimate of drug-likeness (QED) is 0.125. The van der Waals surface area contributed by atoms with Crippen molar-refractivity contribution in [1.82, 2.24) is 9.97 Å². The molecule has 42 heavy (non-hydrogen) atoms. The summed E-state index contributed by atoms with van der Waals surface area (Å²) in [5.41, 5.74) is 2.73. The van der Waals surface area contributed by atoms with Gasteiger partial charge in [0.2, 0.25) is 0 Å². The predicted octanol–water partition coefficient (Wildman–Crippen LogP) is 4.03. The number of carbonyl (C=O) groups excluding carboxylic acids is 2. The number of phenolic OH excluding ortho intramolecular Hbond substituents is 2. The number of aliphatic hydroxyl groups is 2. The number of esters is 2. The first-order valence-corrected chi connectivity index (χ1v) is 13.4. The molecule has 3 aromatic rings. The number of hydrogen-bond donors (Lipinski definition) is 4. The third kappa shape index (κ3) is 8.48. The number of aryl methyl sites for hydroxylation is 2. The van der Waals surface area contributed by atoms with Crippen LogP contribution in [0.2, 0.25) is 0 Å². The van der Waals surface area contributed by atoms with Gasteiger partial charge in [0, 0.05) is 25.7 Å². The van der Waals surface area contributed by atoms with Crippen molar-refractivity contribution in [2.24, 2.45) is 0 Å². The van der Waals surface area contributed by atoms with E-state index >= 15 is 0 Å². The molecule has 0 fully saturated rings. The second-order valence-electron chi connectivity index (χ2n) is 9.81. The number of phenols is 2. The molecule has 3 rings (SSSR count). The molecule has 0 radical (unpaired) electrons. The van der Waals surface area contributed by atoms with Gasteiger partial charge < -0.3 is 29.9 Å². The molecule has 222 valence electrons. The number of aliphatic hydroxyl groups excluding tert-OH is 2. The fourth-order valence-corrected chi connectivity index (χ4v) is 4.34. The molecule has 0 saturated carbocycles. The molecule has 4 N–H and O–H groups in total. The Morgan fingerprint density at radius 1 is 0.762 bits per heavy atom. The first-order chi connectivity index (χ1) is 20.0. The van der Waals surface area contributed by atoms with E-state index in [1.807, 2.05) is 18.2 Å². The van der Waals surface area contributed by atoms with Gasteiger partial charge in [-0.3, -0.25) is 9.97 Å². The standard InChI is InChI=1S/C32H36N2O8/c1-5-10-27(41-31(39)25(37)16-21-12-8-7-9-13-21)29-19(3)34-30(20(4)33-29)28(11-6-2)42-32(40)26(38)18-22-14-15-23(35)24(36)17-22/h5-9,12-15,17,25-28,35-38H,1-2,10-11,16,18H2,3-4H3. The molecule has 0 aliphatic carbocycles. The molecule has 2 aromatic carbocycles. The zero-order valence-electron chi connectivity index (χ0n) is 23.6. The Morgan fingerprint density at radius 3 is 1.69 bits per heavy atom. The lowest BCUT2D eigenvalue weighted by atomic mass is 10.1. The lowest BCUT2D eigenvalue weighted by Crippen LogP contribution is -2.28. The van der Waals surface area contributed by atoms with Crippen molar-refractivity contribution in [1.29, 1.82) is 0 Å². The number of aromatic hydroxyl groups is 2. The van der Waals surface area contributed by atoms with Crippen LogP contribution in [0, 0.1) is 13.8 Å². The number of benzene rings is 2. The maximum Gasteiger partial charge on any atom is 0.335 e. The van der Waals surface area contributed by atoms with Crippen LogP contribution in [0.15, 0.2) is 73.8 Å². The van der Waals surface area contributed by atoms with E-state index in [2.05, 4.69) is 23.1 Å². The number of hydrogen-bond acceptors (Lipinski definition) is 10. The van der Waals surface area contributed by atoms with Crippen LogP contribution in [0.1, 0.15) is 59.0 Å². The van der Waals surface area contributed by atoms with Crippen LogP contribution in [0.3, 0.4) is 0 Å². The molecule has 0 aliphatic heterocycles. The Kier molecular flexibility index (Phi) is 11.3. The Labute approximate surface area is 244 Å². The van der Waals surface area contributed by atoms with Crippen LogP contribution in [-0.4, -0.2) is 54.5 Å². The third-order valence-corrected chi connectivity index (χ3v) is 6.49. The summed E-state index contributed by atoms with van der Waals surface area (Å²) in [5, 5.41) is 40.1. The van der Waals surface area contributed by atoms with Crippen LogP contribution < -0.4 is 0 Å². The lowest BCUT2D eigenvalue weighted by Gasteiger charge is -2.23. The fraction of sp³-hybridized carbons (Fsp3) is 0.312. The molecule has 0 aliphatic rings. The zero-order chi connectivity index (χ0) is 30.8. The minimum Gasteiger partial charge on any atom is -0.504 e.